The molecule has 0 unspecified atom stereocenters. The van der Waals surface area contributed by atoms with E-state index in [4.69, 9.17) is 16.3 Å². The van der Waals surface area contributed by atoms with Crippen molar-refractivity contribution in [3.8, 4) is 0 Å². The standard InChI is InChI=1S/C18H18ClN3O2/c19-15-3-1-2-13(7-15)6-14-4-5-16(20-8-14)21-17(23)22-9-18(10-22)11-24-12-18/h1-5,7-8H,6,9-12H2,(H,20,21,23). The first kappa shape index (κ1) is 15.4. The molecule has 2 saturated heterocycles. The lowest BCUT2D eigenvalue weighted by atomic mass is 9.78. The lowest BCUT2D eigenvalue weighted by molar-refractivity contribution is -0.174. The summed E-state index contributed by atoms with van der Waals surface area (Å²) < 4.78 is 5.22. The Kier molecular flexibility index (Phi) is 3.90. The first-order chi connectivity index (χ1) is 11.6. The zero-order valence-corrected chi connectivity index (χ0v) is 13.9. The number of likely N-dealkylation sites (tertiary alicyclic amines) is 1. The van der Waals surface area contributed by atoms with Crippen molar-refractivity contribution in [2.75, 3.05) is 31.6 Å². The van der Waals surface area contributed by atoms with E-state index in [1.165, 1.54) is 0 Å². The Labute approximate surface area is 145 Å². The Morgan fingerprint density at radius 1 is 1.25 bits per heavy atom. The molecule has 24 heavy (non-hydrogen) atoms. The van der Waals surface area contributed by atoms with Crippen LogP contribution in [0.1, 0.15) is 11.1 Å². The molecule has 4 rings (SSSR count). The van der Waals surface area contributed by atoms with Crippen LogP contribution in [0.2, 0.25) is 5.02 Å². The van der Waals surface area contributed by atoms with Gasteiger partial charge >= 0.3 is 6.03 Å². The van der Waals surface area contributed by atoms with Crippen molar-refractivity contribution in [3.05, 3.63) is 58.7 Å². The van der Waals surface area contributed by atoms with Crippen LogP contribution in [0.5, 0.6) is 0 Å². The third-order valence-corrected chi connectivity index (χ3v) is 4.75. The summed E-state index contributed by atoms with van der Waals surface area (Å²) >= 11 is 6.00. The molecule has 2 fully saturated rings. The Morgan fingerprint density at radius 3 is 2.71 bits per heavy atom. The molecule has 1 N–H and O–H groups in total. The molecule has 2 amide bonds. The number of amides is 2. The van der Waals surface area contributed by atoms with Gasteiger partial charge < -0.3 is 9.64 Å². The molecule has 0 radical (unpaired) electrons. The summed E-state index contributed by atoms with van der Waals surface area (Å²) in [7, 11) is 0. The first-order valence-corrected chi connectivity index (χ1v) is 8.33. The highest BCUT2D eigenvalue weighted by atomic mass is 35.5. The topological polar surface area (TPSA) is 54.5 Å². The summed E-state index contributed by atoms with van der Waals surface area (Å²) in [5, 5.41) is 3.57. The zero-order valence-electron chi connectivity index (χ0n) is 13.2. The second-order valence-corrected chi connectivity index (χ2v) is 7.07. The SMILES string of the molecule is O=C(Nc1ccc(Cc2cccc(Cl)c2)cn1)N1CC2(COC2)C1. The fourth-order valence-corrected chi connectivity index (χ4v) is 3.37. The van der Waals surface area contributed by atoms with E-state index >= 15 is 0 Å². The van der Waals surface area contributed by atoms with Gasteiger partial charge in [-0.25, -0.2) is 9.78 Å². The summed E-state index contributed by atoms with van der Waals surface area (Å²) in [5.41, 5.74) is 2.44. The van der Waals surface area contributed by atoms with Crippen molar-refractivity contribution in [2.24, 2.45) is 5.41 Å². The summed E-state index contributed by atoms with van der Waals surface area (Å²) in [6, 6.07) is 11.5. The summed E-state index contributed by atoms with van der Waals surface area (Å²) in [6.07, 6.45) is 2.55. The predicted molar refractivity (Wildman–Crippen MR) is 92.3 cm³/mol. The molecule has 6 heteroatoms. The Bertz CT molecular complexity index is 751. The van der Waals surface area contributed by atoms with Gasteiger partial charge in [0.1, 0.15) is 5.82 Å². The molecule has 0 aliphatic carbocycles. The van der Waals surface area contributed by atoms with E-state index in [2.05, 4.69) is 10.3 Å². The molecule has 124 valence electrons. The van der Waals surface area contributed by atoms with Crippen LogP contribution in [0.4, 0.5) is 10.6 Å². The van der Waals surface area contributed by atoms with E-state index in [9.17, 15) is 4.79 Å². The van der Waals surface area contributed by atoms with E-state index in [0.717, 1.165) is 48.9 Å². The zero-order chi connectivity index (χ0) is 16.6. The lowest BCUT2D eigenvalue weighted by Gasteiger charge is -2.54. The molecular formula is C18H18ClN3O2. The van der Waals surface area contributed by atoms with E-state index in [-0.39, 0.29) is 11.4 Å². The van der Waals surface area contributed by atoms with Gasteiger partial charge in [-0.15, -0.1) is 0 Å². The average molecular weight is 344 g/mol. The number of carbonyl (C=O) groups excluding carboxylic acids is 1. The Balaban J connectivity index is 1.33. The number of halogens is 1. The molecule has 2 aromatic rings. The molecule has 0 saturated carbocycles. The number of hydrogen-bond acceptors (Lipinski definition) is 3. The maximum absolute atomic E-state index is 12.2. The Morgan fingerprint density at radius 2 is 2.08 bits per heavy atom. The van der Waals surface area contributed by atoms with E-state index in [1.807, 2.05) is 36.4 Å². The molecule has 2 aliphatic heterocycles. The van der Waals surface area contributed by atoms with Crippen molar-refractivity contribution >= 4 is 23.4 Å². The average Bonchev–Trinajstić information content (AvgIpc) is 2.46. The van der Waals surface area contributed by atoms with Crippen LogP contribution in [0.25, 0.3) is 0 Å². The number of rotatable bonds is 3. The summed E-state index contributed by atoms with van der Waals surface area (Å²) in [5.74, 6) is 0.570. The third-order valence-electron chi connectivity index (χ3n) is 4.51. The number of ether oxygens (including phenoxy) is 1. The fraction of sp³-hybridized carbons (Fsp3) is 0.333. The van der Waals surface area contributed by atoms with E-state index in [0.29, 0.717) is 5.82 Å². The highest BCUT2D eigenvalue weighted by Gasteiger charge is 2.50. The van der Waals surface area contributed by atoms with Crippen molar-refractivity contribution in [3.63, 3.8) is 0 Å². The Hall–Kier alpha value is -2.11. The maximum Gasteiger partial charge on any atom is 0.323 e. The molecule has 0 atom stereocenters. The number of nitrogens with zero attached hydrogens (tertiary/aromatic N) is 2. The largest absolute Gasteiger partial charge is 0.380 e. The van der Waals surface area contributed by atoms with Crippen LogP contribution >= 0.6 is 11.6 Å². The smallest absolute Gasteiger partial charge is 0.323 e. The van der Waals surface area contributed by atoms with Gasteiger partial charge in [0.05, 0.1) is 18.6 Å². The predicted octanol–water partition coefficient (Wildman–Crippen LogP) is 3.19. The molecule has 1 aromatic heterocycles. The van der Waals surface area contributed by atoms with Gasteiger partial charge in [-0.3, -0.25) is 5.32 Å². The molecule has 5 nitrogen and oxygen atoms in total. The van der Waals surface area contributed by atoms with E-state index in [1.54, 1.807) is 11.1 Å². The number of anilines is 1. The molecular weight excluding hydrogens is 326 g/mol. The second kappa shape index (κ2) is 6.07. The number of benzene rings is 1. The lowest BCUT2D eigenvalue weighted by Crippen LogP contribution is -2.67. The monoisotopic (exact) mass is 343 g/mol. The highest BCUT2D eigenvalue weighted by molar-refractivity contribution is 6.30. The van der Waals surface area contributed by atoms with Gasteiger partial charge in [0, 0.05) is 24.3 Å². The van der Waals surface area contributed by atoms with Crippen molar-refractivity contribution in [1.29, 1.82) is 0 Å². The molecule has 1 spiro atoms. The fourth-order valence-electron chi connectivity index (χ4n) is 3.15. The maximum atomic E-state index is 12.2. The number of aromatic nitrogens is 1. The van der Waals surface area contributed by atoms with Crippen LogP contribution in [-0.4, -0.2) is 42.2 Å². The third kappa shape index (κ3) is 3.09. The van der Waals surface area contributed by atoms with Crippen molar-refractivity contribution < 1.29 is 9.53 Å². The van der Waals surface area contributed by atoms with Gasteiger partial charge in [0.25, 0.3) is 0 Å². The quantitative estimate of drug-likeness (QED) is 0.931. The van der Waals surface area contributed by atoms with Crippen LogP contribution < -0.4 is 5.32 Å². The van der Waals surface area contributed by atoms with Gasteiger partial charge in [-0.2, -0.15) is 0 Å². The van der Waals surface area contributed by atoms with Crippen LogP contribution in [0.3, 0.4) is 0 Å². The number of urea groups is 1. The molecule has 0 bridgehead atoms. The summed E-state index contributed by atoms with van der Waals surface area (Å²) in [6.45, 7) is 3.08. The molecule has 1 aromatic carbocycles. The van der Waals surface area contributed by atoms with Gasteiger partial charge in [-0.05, 0) is 35.7 Å². The van der Waals surface area contributed by atoms with Crippen molar-refractivity contribution in [2.45, 2.75) is 6.42 Å². The van der Waals surface area contributed by atoms with E-state index < -0.39 is 0 Å². The van der Waals surface area contributed by atoms with Gasteiger partial charge in [0.2, 0.25) is 0 Å². The van der Waals surface area contributed by atoms with Crippen molar-refractivity contribution in [1.82, 2.24) is 9.88 Å². The first-order valence-electron chi connectivity index (χ1n) is 7.95. The minimum atomic E-state index is -0.0948. The second-order valence-electron chi connectivity index (χ2n) is 6.64. The normalized spacial score (nSPS) is 18.0. The molecule has 3 heterocycles. The number of carbonyl (C=O) groups is 1. The van der Waals surface area contributed by atoms with Crippen LogP contribution in [-0.2, 0) is 11.2 Å². The number of nitrogens with one attached hydrogen (secondary N) is 1. The van der Waals surface area contributed by atoms with Gasteiger partial charge in [0.15, 0.2) is 0 Å². The number of hydrogen-bond donors (Lipinski definition) is 1. The minimum Gasteiger partial charge on any atom is -0.380 e. The highest BCUT2D eigenvalue weighted by Crippen LogP contribution is 2.37. The minimum absolute atomic E-state index is 0.0948. The van der Waals surface area contributed by atoms with Gasteiger partial charge in [-0.1, -0.05) is 29.8 Å². The van der Waals surface area contributed by atoms with Crippen LogP contribution in [0, 0.1) is 5.41 Å². The molecule has 2 aliphatic rings. The summed E-state index contributed by atoms with van der Waals surface area (Å²) in [4.78, 5) is 18.3. The number of pyridine rings is 1. The van der Waals surface area contributed by atoms with Crippen LogP contribution in [0.15, 0.2) is 42.6 Å².